The molecule has 0 unspecified atom stereocenters. The minimum atomic E-state index is -1.75. The van der Waals surface area contributed by atoms with E-state index in [-0.39, 0.29) is 13.2 Å². The molecule has 88 valence electrons. The fourth-order valence-electron chi connectivity index (χ4n) is 0.868. The molecular weight excluding hydrogens is 208 g/mol. The van der Waals surface area contributed by atoms with Crippen LogP contribution in [-0.2, 0) is 18.9 Å². The highest BCUT2D eigenvalue weighted by Gasteiger charge is 2.32. The summed E-state index contributed by atoms with van der Waals surface area (Å²) in [5, 5.41) is 8.14. The Morgan fingerprint density at radius 3 is 2.00 bits per heavy atom. The molecular formula is C8H14O7. The Labute approximate surface area is 86.9 Å². The van der Waals surface area contributed by atoms with Crippen LogP contribution in [0.3, 0.4) is 0 Å². The average molecular weight is 222 g/mol. The molecule has 0 aliphatic rings. The van der Waals surface area contributed by atoms with Crippen molar-refractivity contribution in [3.8, 4) is 0 Å². The summed E-state index contributed by atoms with van der Waals surface area (Å²) in [6.07, 6.45) is -3.15. The lowest BCUT2D eigenvalue weighted by Gasteiger charge is -2.26. The van der Waals surface area contributed by atoms with E-state index in [2.05, 4.69) is 9.47 Å². The third kappa shape index (κ3) is 5.87. The summed E-state index contributed by atoms with van der Waals surface area (Å²) in [6.45, 7) is 5.14. The van der Waals surface area contributed by atoms with Crippen molar-refractivity contribution in [3.05, 3.63) is 0 Å². The van der Waals surface area contributed by atoms with Gasteiger partial charge in [-0.1, -0.05) is 0 Å². The predicted molar refractivity (Wildman–Crippen MR) is 47.2 cm³/mol. The van der Waals surface area contributed by atoms with Crippen molar-refractivity contribution >= 4 is 12.3 Å². The summed E-state index contributed by atoms with van der Waals surface area (Å²) in [7, 11) is 0. The van der Waals surface area contributed by atoms with E-state index in [1.807, 2.05) is 0 Å². The minimum Gasteiger partial charge on any atom is -0.449 e. The van der Waals surface area contributed by atoms with E-state index in [9.17, 15) is 9.59 Å². The van der Waals surface area contributed by atoms with Gasteiger partial charge in [0.25, 0.3) is 0 Å². The lowest BCUT2D eigenvalue weighted by molar-refractivity contribution is -0.345. The normalized spacial score (nSPS) is 10.9. The van der Waals surface area contributed by atoms with E-state index in [1.54, 1.807) is 13.8 Å². The van der Waals surface area contributed by atoms with Crippen LogP contribution in [0.25, 0.3) is 0 Å². The second-order valence-corrected chi connectivity index (χ2v) is 2.45. The number of carboxylic acid groups (broad SMARTS) is 1. The van der Waals surface area contributed by atoms with Crippen molar-refractivity contribution < 1.29 is 33.6 Å². The summed E-state index contributed by atoms with van der Waals surface area (Å²) < 4.78 is 18.2. The zero-order valence-corrected chi connectivity index (χ0v) is 8.81. The molecule has 0 heterocycles. The molecule has 0 aromatic heterocycles. The van der Waals surface area contributed by atoms with Gasteiger partial charge in [-0.05, 0) is 13.8 Å². The molecule has 0 atom stereocenters. The van der Waals surface area contributed by atoms with E-state index in [4.69, 9.17) is 14.6 Å². The van der Waals surface area contributed by atoms with Gasteiger partial charge in [0.1, 0.15) is 0 Å². The molecule has 0 radical (unpaired) electrons. The van der Waals surface area contributed by atoms with E-state index in [1.165, 1.54) is 6.92 Å². The van der Waals surface area contributed by atoms with Crippen LogP contribution in [0, 0.1) is 0 Å². The van der Waals surface area contributed by atoms with Crippen molar-refractivity contribution in [1.82, 2.24) is 0 Å². The molecule has 0 spiro atoms. The van der Waals surface area contributed by atoms with Gasteiger partial charge in [-0.25, -0.2) is 9.59 Å². The fraction of sp³-hybridized carbons (Fsp3) is 0.750. The van der Waals surface area contributed by atoms with Crippen LogP contribution in [0.15, 0.2) is 0 Å². The number of hydrogen-bond acceptors (Lipinski definition) is 6. The number of rotatable bonds is 5. The summed E-state index contributed by atoms with van der Waals surface area (Å²) in [4.78, 5) is 20.8. The molecule has 0 bridgehead atoms. The summed E-state index contributed by atoms with van der Waals surface area (Å²) in [6, 6.07) is 0. The first-order valence-corrected chi connectivity index (χ1v) is 4.35. The largest absolute Gasteiger partial charge is 0.522 e. The van der Waals surface area contributed by atoms with Gasteiger partial charge in [0.15, 0.2) is 0 Å². The molecule has 0 saturated heterocycles. The highest BCUT2D eigenvalue weighted by Crippen LogP contribution is 2.15. The molecule has 0 aliphatic heterocycles. The summed E-state index contributed by atoms with van der Waals surface area (Å²) >= 11 is 0. The van der Waals surface area contributed by atoms with E-state index in [0.717, 1.165) is 0 Å². The molecule has 0 rings (SSSR count). The molecule has 1 N–H and O–H groups in total. The van der Waals surface area contributed by atoms with Crippen molar-refractivity contribution in [3.63, 3.8) is 0 Å². The molecule has 0 fully saturated rings. The SMILES string of the molecule is CCOC(C)(OCC)OC(=O)OC(=O)O. The number of carbonyl (C=O) groups excluding carboxylic acids is 1. The maximum Gasteiger partial charge on any atom is 0.522 e. The molecule has 0 aliphatic carbocycles. The highest BCUT2D eigenvalue weighted by molar-refractivity contribution is 5.75. The monoisotopic (exact) mass is 222 g/mol. The van der Waals surface area contributed by atoms with Gasteiger partial charge in [0, 0.05) is 6.92 Å². The number of hydrogen-bond donors (Lipinski definition) is 1. The maximum absolute atomic E-state index is 10.8. The Morgan fingerprint density at radius 1 is 1.20 bits per heavy atom. The van der Waals surface area contributed by atoms with E-state index in [0.29, 0.717) is 0 Å². The van der Waals surface area contributed by atoms with Gasteiger partial charge >= 0.3 is 18.3 Å². The maximum atomic E-state index is 10.8. The smallest absolute Gasteiger partial charge is 0.449 e. The van der Waals surface area contributed by atoms with Gasteiger partial charge < -0.3 is 24.1 Å². The first-order chi connectivity index (χ1) is 6.93. The van der Waals surface area contributed by atoms with Crippen LogP contribution in [0.4, 0.5) is 9.59 Å². The van der Waals surface area contributed by atoms with Gasteiger partial charge in [-0.2, -0.15) is 0 Å². The molecule has 0 aromatic rings. The summed E-state index contributed by atoms with van der Waals surface area (Å²) in [5.74, 6) is -1.63. The Bertz CT molecular complexity index is 219. The van der Waals surface area contributed by atoms with E-state index < -0.39 is 18.3 Å². The molecule has 15 heavy (non-hydrogen) atoms. The molecule has 0 aromatic carbocycles. The molecule has 7 heteroatoms. The van der Waals surface area contributed by atoms with Gasteiger partial charge in [-0.15, -0.1) is 0 Å². The van der Waals surface area contributed by atoms with Crippen LogP contribution in [0.1, 0.15) is 20.8 Å². The number of carbonyl (C=O) groups is 2. The Kier molecular flexibility index (Phi) is 5.65. The second kappa shape index (κ2) is 6.20. The van der Waals surface area contributed by atoms with Crippen LogP contribution in [-0.4, -0.2) is 36.6 Å². The third-order valence-corrected chi connectivity index (χ3v) is 1.25. The zero-order valence-electron chi connectivity index (χ0n) is 8.81. The van der Waals surface area contributed by atoms with Crippen molar-refractivity contribution in [2.45, 2.75) is 26.7 Å². The van der Waals surface area contributed by atoms with Crippen molar-refractivity contribution in [1.29, 1.82) is 0 Å². The van der Waals surface area contributed by atoms with Crippen LogP contribution >= 0.6 is 0 Å². The second-order valence-electron chi connectivity index (χ2n) is 2.45. The van der Waals surface area contributed by atoms with E-state index >= 15 is 0 Å². The average Bonchev–Trinajstić information content (AvgIpc) is 2.01. The standard InChI is InChI=1S/C8H14O7/c1-4-12-8(3,13-5-2)15-7(11)14-6(9)10/h4-5H2,1-3H3,(H,9,10). The minimum absolute atomic E-state index is 0.233. The molecule has 0 amide bonds. The highest BCUT2D eigenvalue weighted by atomic mass is 16.9. The van der Waals surface area contributed by atoms with Crippen molar-refractivity contribution in [2.24, 2.45) is 0 Å². The summed E-state index contributed by atoms with van der Waals surface area (Å²) in [5.41, 5.74) is 0. The Hall–Kier alpha value is -1.34. The predicted octanol–water partition coefficient (Wildman–Crippen LogP) is 1.56. The van der Waals surface area contributed by atoms with Crippen molar-refractivity contribution in [2.75, 3.05) is 13.2 Å². The van der Waals surface area contributed by atoms with Gasteiger partial charge in [0.2, 0.25) is 0 Å². The van der Waals surface area contributed by atoms with Crippen LogP contribution < -0.4 is 0 Å². The third-order valence-electron chi connectivity index (χ3n) is 1.25. The Balaban J connectivity index is 4.26. The Morgan fingerprint density at radius 2 is 1.67 bits per heavy atom. The van der Waals surface area contributed by atoms with Gasteiger partial charge in [0.05, 0.1) is 13.2 Å². The van der Waals surface area contributed by atoms with Crippen LogP contribution in [0.2, 0.25) is 0 Å². The zero-order chi connectivity index (χ0) is 11.9. The fourth-order valence-corrected chi connectivity index (χ4v) is 0.868. The first-order valence-electron chi connectivity index (χ1n) is 4.35. The molecule has 0 saturated carbocycles. The molecule has 7 nitrogen and oxygen atoms in total. The topological polar surface area (TPSA) is 91.3 Å². The lowest BCUT2D eigenvalue weighted by atomic mass is 10.6. The van der Waals surface area contributed by atoms with Gasteiger partial charge in [-0.3, -0.25) is 0 Å². The number of ether oxygens (including phenoxy) is 4. The quantitative estimate of drug-likeness (QED) is 0.428. The van der Waals surface area contributed by atoms with Crippen LogP contribution in [0.5, 0.6) is 0 Å². The first kappa shape index (κ1) is 13.7. The lowest BCUT2D eigenvalue weighted by Crippen LogP contribution is -2.38.